The van der Waals surface area contributed by atoms with Crippen LogP contribution >= 0.6 is 0 Å². The highest BCUT2D eigenvalue weighted by Crippen LogP contribution is 2.34. The van der Waals surface area contributed by atoms with E-state index in [2.05, 4.69) is 6.58 Å². The second-order valence-corrected chi connectivity index (χ2v) is 3.52. The van der Waals surface area contributed by atoms with Gasteiger partial charge in [0.2, 0.25) is 0 Å². The van der Waals surface area contributed by atoms with Gasteiger partial charge in [-0.1, -0.05) is 5.57 Å². The van der Waals surface area contributed by atoms with Crippen LogP contribution in [0, 0.1) is 5.41 Å². The summed E-state index contributed by atoms with van der Waals surface area (Å²) >= 11 is 0. The van der Waals surface area contributed by atoms with Crippen LogP contribution in [0.3, 0.4) is 0 Å². The Hall–Kier alpha value is -0.830. The number of ether oxygens (including phenoxy) is 1. The van der Waals surface area contributed by atoms with Gasteiger partial charge in [0.15, 0.2) is 0 Å². The molecule has 1 saturated heterocycles. The van der Waals surface area contributed by atoms with Gasteiger partial charge in [0, 0.05) is 6.61 Å². The summed E-state index contributed by atoms with van der Waals surface area (Å²) in [5.74, 6) is -0.761. The molecule has 0 aromatic carbocycles. The molecule has 3 nitrogen and oxygen atoms in total. The van der Waals surface area contributed by atoms with Crippen molar-refractivity contribution in [2.75, 3.05) is 13.2 Å². The highest BCUT2D eigenvalue weighted by atomic mass is 16.5. The Bertz CT molecular complexity index is 202. The van der Waals surface area contributed by atoms with Crippen molar-refractivity contribution in [1.29, 1.82) is 0 Å². The first-order chi connectivity index (χ1) is 5.57. The molecule has 1 unspecified atom stereocenters. The molecule has 0 saturated carbocycles. The van der Waals surface area contributed by atoms with E-state index in [-0.39, 0.29) is 0 Å². The van der Waals surface area contributed by atoms with Gasteiger partial charge in [0.1, 0.15) is 0 Å². The monoisotopic (exact) mass is 170 g/mol. The van der Waals surface area contributed by atoms with Crippen LogP contribution in [0.2, 0.25) is 0 Å². The lowest BCUT2D eigenvalue weighted by atomic mass is 9.81. The Morgan fingerprint density at radius 2 is 2.42 bits per heavy atom. The molecule has 68 valence electrons. The van der Waals surface area contributed by atoms with E-state index in [4.69, 9.17) is 9.84 Å². The topological polar surface area (TPSA) is 46.5 Å². The number of aliphatic carboxylic acids is 1. The van der Waals surface area contributed by atoms with Crippen LogP contribution in [-0.4, -0.2) is 24.3 Å². The van der Waals surface area contributed by atoms with Crippen LogP contribution in [-0.2, 0) is 9.53 Å². The molecule has 3 heteroatoms. The fraction of sp³-hybridized carbons (Fsp3) is 0.667. The zero-order valence-electron chi connectivity index (χ0n) is 7.30. The zero-order valence-corrected chi connectivity index (χ0v) is 7.30. The standard InChI is InChI=1S/C9H14O3/c1-7(2)5-9(8(10)11)3-4-12-6-9/h1,3-6H2,2H3,(H,10,11). The number of carbonyl (C=O) groups is 1. The SMILES string of the molecule is C=C(C)CC1(C(=O)O)CCOC1. The first kappa shape index (κ1) is 9.26. The highest BCUT2D eigenvalue weighted by molar-refractivity contribution is 5.75. The molecule has 12 heavy (non-hydrogen) atoms. The van der Waals surface area contributed by atoms with Crippen molar-refractivity contribution in [3.8, 4) is 0 Å². The summed E-state index contributed by atoms with van der Waals surface area (Å²) in [5, 5.41) is 8.99. The molecule has 0 spiro atoms. The van der Waals surface area contributed by atoms with Gasteiger partial charge in [-0.05, 0) is 19.8 Å². The van der Waals surface area contributed by atoms with Crippen LogP contribution in [0.4, 0.5) is 0 Å². The molecule has 1 rings (SSSR count). The molecular weight excluding hydrogens is 156 g/mol. The van der Waals surface area contributed by atoms with E-state index in [1.165, 1.54) is 0 Å². The average molecular weight is 170 g/mol. The Kier molecular flexibility index (Phi) is 2.52. The maximum Gasteiger partial charge on any atom is 0.312 e. The Labute approximate surface area is 72.0 Å². The smallest absolute Gasteiger partial charge is 0.312 e. The Morgan fingerprint density at radius 1 is 1.75 bits per heavy atom. The zero-order chi connectivity index (χ0) is 9.19. The normalized spacial score (nSPS) is 28.8. The van der Waals surface area contributed by atoms with Crippen molar-refractivity contribution in [3.63, 3.8) is 0 Å². The van der Waals surface area contributed by atoms with Crippen LogP contribution in [0.15, 0.2) is 12.2 Å². The number of rotatable bonds is 3. The molecule has 1 aliphatic heterocycles. The van der Waals surface area contributed by atoms with Crippen LogP contribution in [0.1, 0.15) is 19.8 Å². The van der Waals surface area contributed by atoms with Gasteiger partial charge in [-0.2, -0.15) is 0 Å². The van der Waals surface area contributed by atoms with Crippen molar-refractivity contribution >= 4 is 5.97 Å². The maximum absolute atomic E-state index is 10.9. The summed E-state index contributed by atoms with van der Waals surface area (Å²) in [7, 11) is 0. The molecule has 1 atom stereocenters. The fourth-order valence-electron chi connectivity index (χ4n) is 1.57. The minimum absolute atomic E-state index is 0.329. The Balaban J connectivity index is 2.72. The molecule has 0 aromatic rings. The summed E-state index contributed by atoms with van der Waals surface area (Å²) in [5.41, 5.74) is 0.217. The van der Waals surface area contributed by atoms with Crippen LogP contribution < -0.4 is 0 Å². The summed E-state index contributed by atoms with van der Waals surface area (Å²) in [6.07, 6.45) is 1.14. The third-order valence-corrected chi connectivity index (χ3v) is 2.20. The molecule has 0 bridgehead atoms. The second-order valence-electron chi connectivity index (χ2n) is 3.52. The van der Waals surface area contributed by atoms with Gasteiger partial charge in [-0.3, -0.25) is 4.79 Å². The van der Waals surface area contributed by atoms with Gasteiger partial charge in [-0.15, -0.1) is 6.58 Å². The van der Waals surface area contributed by atoms with Crippen molar-refractivity contribution < 1.29 is 14.6 Å². The lowest BCUT2D eigenvalue weighted by molar-refractivity contribution is -0.148. The van der Waals surface area contributed by atoms with Gasteiger partial charge >= 0.3 is 5.97 Å². The minimum Gasteiger partial charge on any atom is -0.481 e. The second kappa shape index (κ2) is 3.27. The molecular formula is C9H14O3. The van der Waals surface area contributed by atoms with Crippen molar-refractivity contribution in [2.45, 2.75) is 19.8 Å². The molecule has 0 aliphatic carbocycles. The molecule has 0 aromatic heterocycles. The van der Waals surface area contributed by atoms with Crippen LogP contribution in [0.5, 0.6) is 0 Å². The van der Waals surface area contributed by atoms with E-state index in [1.807, 2.05) is 6.92 Å². The number of hydrogen-bond acceptors (Lipinski definition) is 2. The van der Waals surface area contributed by atoms with E-state index in [9.17, 15) is 4.79 Å². The predicted octanol–water partition coefficient (Wildman–Crippen LogP) is 1.44. The summed E-state index contributed by atoms with van der Waals surface area (Å²) < 4.78 is 5.10. The van der Waals surface area contributed by atoms with Crippen molar-refractivity contribution in [1.82, 2.24) is 0 Å². The third-order valence-electron chi connectivity index (χ3n) is 2.20. The molecule has 0 radical (unpaired) electrons. The van der Waals surface area contributed by atoms with E-state index in [0.717, 1.165) is 5.57 Å². The number of carboxylic acid groups (broad SMARTS) is 1. The summed E-state index contributed by atoms with van der Waals surface area (Å²) in [6, 6.07) is 0. The van der Waals surface area contributed by atoms with Gasteiger partial charge in [0.25, 0.3) is 0 Å². The van der Waals surface area contributed by atoms with Crippen molar-refractivity contribution in [2.24, 2.45) is 5.41 Å². The highest BCUT2D eigenvalue weighted by Gasteiger charge is 2.42. The molecule has 1 fully saturated rings. The largest absolute Gasteiger partial charge is 0.481 e. The van der Waals surface area contributed by atoms with Gasteiger partial charge in [-0.25, -0.2) is 0 Å². The minimum atomic E-state index is -0.761. The molecule has 1 N–H and O–H groups in total. The number of hydrogen-bond donors (Lipinski definition) is 1. The van der Waals surface area contributed by atoms with E-state index in [0.29, 0.717) is 26.1 Å². The Morgan fingerprint density at radius 3 is 2.75 bits per heavy atom. The van der Waals surface area contributed by atoms with Gasteiger partial charge in [0.05, 0.1) is 12.0 Å². The average Bonchev–Trinajstić information content (AvgIpc) is 2.35. The van der Waals surface area contributed by atoms with E-state index in [1.54, 1.807) is 0 Å². The first-order valence-electron chi connectivity index (χ1n) is 4.02. The van der Waals surface area contributed by atoms with E-state index >= 15 is 0 Å². The fourth-order valence-corrected chi connectivity index (χ4v) is 1.57. The molecule has 1 heterocycles. The maximum atomic E-state index is 10.9. The number of allylic oxidation sites excluding steroid dienone is 1. The predicted molar refractivity (Wildman–Crippen MR) is 44.9 cm³/mol. The van der Waals surface area contributed by atoms with Gasteiger partial charge < -0.3 is 9.84 Å². The lowest BCUT2D eigenvalue weighted by Gasteiger charge is -2.21. The summed E-state index contributed by atoms with van der Waals surface area (Å²) in [4.78, 5) is 10.9. The third kappa shape index (κ3) is 1.67. The summed E-state index contributed by atoms with van der Waals surface area (Å²) in [6.45, 7) is 6.46. The lowest BCUT2D eigenvalue weighted by Crippen LogP contribution is -2.31. The quantitative estimate of drug-likeness (QED) is 0.652. The van der Waals surface area contributed by atoms with Crippen LogP contribution in [0.25, 0.3) is 0 Å². The van der Waals surface area contributed by atoms with E-state index < -0.39 is 11.4 Å². The first-order valence-corrected chi connectivity index (χ1v) is 4.02. The molecule has 0 amide bonds. The van der Waals surface area contributed by atoms with Crippen molar-refractivity contribution in [3.05, 3.63) is 12.2 Å². The molecule has 1 aliphatic rings. The number of carboxylic acids is 1.